The summed E-state index contributed by atoms with van der Waals surface area (Å²) in [6.45, 7) is 4.98. The van der Waals surface area contributed by atoms with Crippen LogP contribution in [-0.4, -0.2) is 64.7 Å². The van der Waals surface area contributed by atoms with Gasteiger partial charge in [-0.2, -0.15) is 0 Å². The van der Waals surface area contributed by atoms with Gasteiger partial charge in [0.05, 0.1) is 6.26 Å². The zero-order chi connectivity index (χ0) is 22.6. The summed E-state index contributed by atoms with van der Waals surface area (Å²) >= 11 is 6.14. The van der Waals surface area contributed by atoms with E-state index in [0.29, 0.717) is 29.2 Å². The molecule has 1 amide bonds. The van der Waals surface area contributed by atoms with Crippen LogP contribution in [0.25, 0.3) is 0 Å². The van der Waals surface area contributed by atoms with Gasteiger partial charge < -0.3 is 15.1 Å². The third-order valence-electron chi connectivity index (χ3n) is 5.29. The lowest BCUT2D eigenvalue weighted by Gasteiger charge is -2.37. The number of nitrogens with zero attached hydrogens (tertiary/aromatic N) is 2. The van der Waals surface area contributed by atoms with Crippen LogP contribution >= 0.6 is 11.6 Å². The van der Waals surface area contributed by atoms with Crippen molar-refractivity contribution in [3.8, 4) is 0 Å². The molecule has 31 heavy (non-hydrogen) atoms. The monoisotopic (exact) mass is 464 g/mol. The Morgan fingerprint density at radius 3 is 2.74 bits per heavy atom. The van der Waals surface area contributed by atoms with E-state index in [0.717, 1.165) is 37.1 Å². The molecular formula is C22H29ClN4O3S. The summed E-state index contributed by atoms with van der Waals surface area (Å²) in [6, 6.07) is 13.0. The molecule has 1 saturated heterocycles. The number of amides is 1. The number of sulfonamides is 1. The van der Waals surface area contributed by atoms with E-state index in [9.17, 15) is 13.2 Å². The second kappa shape index (κ2) is 9.89. The summed E-state index contributed by atoms with van der Waals surface area (Å²) in [5.41, 5.74) is 2.94. The van der Waals surface area contributed by atoms with Crippen LogP contribution in [0, 0.1) is 0 Å². The maximum absolute atomic E-state index is 13.1. The number of carbonyl (C=O) groups excluding carboxylic acids is 1. The average molecular weight is 465 g/mol. The number of halogens is 1. The van der Waals surface area contributed by atoms with Crippen LogP contribution in [0.2, 0.25) is 5.02 Å². The van der Waals surface area contributed by atoms with Crippen LogP contribution in [0.1, 0.15) is 22.8 Å². The smallest absolute Gasteiger partial charge is 0.253 e. The Hall–Kier alpha value is -2.29. The second-order valence-electron chi connectivity index (χ2n) is 7.86. The fraction of sp³-hybridized carbons (Fsp3) is 0.409. The largest absolute Gasteiger partial charge is 0.369 e. The lowest BCUT2D eigenvalue weighted by molar-refractivity contribution is 0.0778. The first-order valence-corrected chi connectivity index (χ1v) is 12.5. The van der Waals surface area contributed by atoms with Gasteiger partial charge >= 0.3 is 0 Å². The maximum Gasteiger partial charge on any atom is 0.253 e. The van der Waals surface area contributed by atoms with Gasteiger partial charge in [-0.15, -0.1) is 0 Å². The van der Waals surface area contributed by atoms with Crippen LogP contribution < -0.4 is 14.9 Å². The van der Waals surface area contributed by atoms with Crippen molar-refractivity contribution < 1.29 is 13.2 Å². The number of carbonyl (C=O) groups is 1. The van der Waals surface area contributed by atoms with E-state index in [1.807, 2.05) is 31.2 Å². The molecule has 0 aliphatic carbocycles. The van der Waals surface area contributed by atoms with Gasteiger partial charge in [0.15, 0.2) is 0 Å². The minimum atomic E-state index is -3.37. The summed E-state index contributed by atoms with van der Waals surface area (Å²) in [7, 11) is -1.57. The molecule has 7 nitrogen and oxygen atoms in total. The lowest BCUT2D eigenvalue weighted by atomic mass is 10.0. The molecule has 2 N–H and O–H groups in total. The van der Waals surface area contributed by atoms with Gasteiger partial charge in [0.25, 0.3) is 5.91 Å². The number of nitrogens with one attached hydrogen (secondary N) is 2. The maximum atomic E-state index is 13.1. The summed E-state index contributed by atoms with van der Waals surface area (Å²) in [5.74, 6) is -0.0792. The Morgan fingerprint density at radius 2 is 2.06 bits per heavy atom. The average Bonchev–Trinajstić information content (AvgIpc) is 2.72. The molecular weight excluding hydrogens is 436 g/mol. The lowest BCUT2D eigenvalue weighted by Crippen LogP contribution is -2.55. The van der Waals surface area contributed by atoms with Gasteiger partial charge in [0.1, 0.15) is 0 Å². The normalized spacial score (nSPS) is 16.8. The quantitative estimate of drug-likeness (QED) is 0.658. The van der Waals surface area contributed by atoms with E-state index in [-0.39, 0.29) is 11.9 Å². The molecule has 1 unspecified atom stereocenters. The van der Waals surface area contributed by atoms with Crippen molar-refractivity contribution in [1.82, 2.24) is 10.2 Å². The van der Waals surface area contributed by atoms with Crippen LogP contribution in [0.15, 0.2) is 42.5 Å². The zero-order valence-electron chi connectivity index (χ0n) is 18.1. The van der Waals surface area contributed by atoms with E-state index >= 15 is 0 Å². The summed E-state index contributed by atoms with van der Waals surface area (Å²) in [4.78, 5) is 17.1. The molecule has 1 fully saturated rings. The highest BCUT2D eigenvalue weighted by Crippen LogP contribution is 2.22. The number of anilines is 2. The molecule has 1 heterocycles. The highest BCUT2D eigenvalue weighted by molar-refractivity contribution is 7.92. The van der Waals surface area contributed by atoms with Crippen molar-refractivity contribution in [2.45, 2.75) is 19.4 Å². The Kier molecular flexibility index (Phi) is 7.46. The molecule has 2 aromatic rings. The molecule has 9 heteroatoms. The van der Waals surface area contributed by atoms with Gasteiger partial charge in [-0.3, -0.25) is 9.52 Å². The van der Waals surface area contributed by atoms with Crippen molar-refractivity contribution in [2.24, 2.45) is 0 Å². The van der Waals surface area contributed by atoms with E-state index < -0.39 is 10.0 Å². The number of benzene rings is 2. The van der Waals surface area contributed by atoms with Gasteiger partial charge in [0.2, 0.25) is 10.0 Å². The number of piperazine rings is 1. The molecule has 0 bridgehead atoms. The molecule has 0 aromatic heterocycles. The minimum absolute atomic E-state index is 0.0792. The molecule has 0 saturated carbocycles. The molecule has 2 aromatic carbocycles. The summed E-state index contributed by atoms with van der Waals surface area (Å²) in [5, 5.41) is 4.20. The Morgan fingerprint density at radius 1 is 1.29 bits per heavy atom. The molecule has 0 radical (unpaired) electrons. The van der Waals surface area contributed by atoms with E-state index in [1.165, 1.54) is 0 Å². The topological polar surface area (TPSA) is 81.8 Å². The van der Waals surface area contributed by atoms with Gasteiger partial charge in [-0.05, 0) is 48.4 Å². The highest BCUT2D eigenvalue weighted by atomic mass is 35.5. The first-order valence-electron chi connectivity index (χ1n) is 10.3. The predicted molar refractivity (Wildman–Crippen MR) is 127 cm³/mol. The van der Waals surface area contributed by atoms with Gasteiger partial charge in [-0.25, -0.2) is 8.42 Å². The summed E-state index contributed by atoms with van der Waals surface area (Å²) in [6.07, 6.45) is 1.73. The van der Waals surface area contributed by atoms with E-state index in [4.69, 9.17) is 11.6 Å². The highest BCUT2D eigenvalue weighted by Gasteiger charge is 2.24. The van der Waals surface area contributed by atoms with Gasteiger partial charge in [-0.1, -0.05) is 24.6 Å². The van der Waals surface area contributed by atoms with Crippen molar-refractivity contribution in [3.05, 3.63) is 58.6 Å². The Balaban J connectivity index is 1.68. The van der Waals surface area contributed by atoms with Crippen LogP contribution in [0.5, 0.6) is 0 Å². The SMILES string of the molecule is CCc1cc(NS(C)(=O)=O)ccc1C(=O)N(C)CC1CN(c2cccc(Cl)c2)CCN1. The number of rotatable bonds is 7. The number of likely N-dealkylation sites (N-methyl/N-ethyl adjacent to an activating group) is 1. The van der Waals surface area contributed by atoms with Crippen molar-refractivity contribution >= 4 is 38.9 Å². The third-order valence-corrected chi connectivity index (χ3v) is 6.13. The van der Waals surface area contributed by atoms with Crippen molar-refractivity contribution in [2.75, 3.05) is 49.1 Å². The number of aryl methyl sites for hydroxylation is 1. The number of hydrogen-bond acceptors (Lipinski definition) is 5. The van der Waals surface area contributed by atoms with E-state index in [2.05, 4.69) is 14.9 Å². The fourth-order valence-corrected chi connectivity index (χ4v) is 4.59. The van der Waals surface area contributed by atoms with Crippen molar-refractivity contribution in [3.63, 3.8) is 0 Å². The van der Waals surface area contributed by atoms with Crippen molar-refractivity contribution in [1.29, 1.82) is 0 Å². The Bertz CT molecular complexity index is 1040. The van der Waals surface area contributed by atoms with Crippen LogP contribution in [0.4, 0.5) is 11.4 Å². The van der Waals surface area contributed by atoms with Gasteiger partial charge in [0, 0.05) is 61.2 Å². The van der Waals surface area contributed by atoms with E-state index in [1.54, 1.807) is 30.1 Å². The van der Waals surface area contributed by atoms with Crippen LogP contribution in [-0.2, 0) is 16.4 Å². The number of hydrogen-bond donors (Lipinski definition) is 2. The predicted octanol–water partition coefficient (Wildman–Crippen LogP) is 2.82. The molecule has 1 atom stereocenters. The zero-order valence-corrected chi connectivity index (χ0v) is 19.6. The minimum Gasteiger partial charge on any atom is -0.369 e. The second-order valence-corrected chi connectivity index (χ2v) is 10.0. The third kappa shape index (κ3) is 6.35. The molecule has 1 aliphatic rings. The first-order chi connectivity index (χ1) is 14.7. The first kappa shape index (κ1) is 23.4. The molecule has 1 aliphatic heterocycles. The van der Waals surface area contributed by atoms with Crippen LogP contribution in [0.3, 0.4) is 0 Å². The molecule has 3 rings (SSSR count). The standard InChI is InChI=1S/C22H29ClN4O3S/c1-4-16-12-18(25-31(3,29)30)8-9-21(16)22(28)26(2)14-19-15-27(11-10-24-19)20-7-5-6-17(23)13-20/h5-9,12-13,19,24-25H,4,10-11,14-15H2,1-3H3. The molecule has 0 spiro atoms. The Labute approximate surface area is 189 Å². The summed E-state index contributed by atoms with van der Waals surface area (Å²) < 4.78 is 25.4. The fourth-order valence-electron chi connectivity index (χ4n) is 3.85. The molecule has 168 valence electrons.